The number of hydrogen-bond acceptors (Lipinski definition) is 3. The van der Waals surface area contributed by atoms with Gasteiger partial charge in [0.2, 0.25) is 5.91 Å². The van der Waals surface area contributed by atoms with Crippen molar-refractivity contribution in [2.75, 3.05) is 0 Å². The predicted octanol–water partition coefficient (Wildman–Crippen LogP) is 0.957. The van der Waals surface area contributed by atoms with Gasteiger partial charge in [0, 0.05) is 5.92 Å². The third-order valence-corrected chi connectivity index (χ3v) is 4.04. The van der Waals surface area contributed by atoms with Gasteiger partial charge in [-0.3, -0.25) is 4.79 Å². The van der Waals surface area contributed by atoms with Gasteiger partial charge in [0.05, 0.1) is 18.2 Å². The molecule has 4 heteroatoms. The summed E-state index contributed by atoms with van der Waals surface area (Å²) in [5.74, 6) is -0.0254. The number of amides is 1. The number of rotatable bonds is 2. The molecule has 4 nitrogen and oxygen atoms in total. The molecule has 0 bridgehead atoms. The molecule has 0 radical (unpaired) electrons. The molecule has 0 aliphatic heterocycles. The van der Waals surface area contributed by atoms with E-state index in [1.165, 1.54) is 12.8 Å². The maximum atomic E-state index is 11.8. The Morgan fingerprint density at radius 2 is 1.65 bits per heavy atom. The number of hydrogen-bond donors (Lipinski definition) is 3. The van der Waals surface area contributed by atoms with E-state index >= 15 is 0 Å². The van der Waals surface area contributed by atoms with Crippen molar-refractivity contribution in [2.24, 2.45) is 5.92 Å². The number of carbonyl (C=O) groups is 1. The largest absolute Gasteiger partial charge is 0.393 e. The van der Waals surface area contributed by atoms with Crippen molar-refractivity contribution in [3.05, 3.63) is 0 Å². The van der Waals surface area contributed by atoms with E-state index < -0.39 is 6.10 Å². The number of carbonyl (C=O) groups excluding carboxylic acids is 1. The fraction of sp³-hybridized carbons (Fsp3) is 0.923. The van der Waals surface area contributed by atoms with Crippen LogP contribution in [0.25, 0.3) is 0 Å². The van der Waals surface area contributed by atoms with Crippen molar-refractivity contribution in [1.29, 1.82) is 0 Å². The maximum Gasteiger partial charge on any atom is 0.223 e. The van der Waals surface area contributed by atoms with E-state index in [9.17, 15) is 15.0 Å². The van der Waals surface area contributed by atoms with Crippen LogP contribution in [0.15, 0.2) is 0 Å². The summed E-state index contributed by atoms with van der Waals surface area (Å²) >= 11 is 0. The lowest BCUT2D eigenvalue weighted by Crippen LogP contribution is -2.49. The summed E-state index contributed by atoms with van der Waals surface area (Å²) in [6.45, 7) is 0. The van der Waals surface area contributed by atoms with E-state index in [0.29, 0.717) is 12.8 Å². The zero-order valence-corrected chi connectivity index (χ0v) is 10.3. The van der Waals surface area contributed by atoms with Gasteiger partial charge >= 0.3 is 0 Å². The molecule has 2 aliphatic rings. The fourth-order valence-corrected chi connectivity index (χ4v) is 2.74. The van der Waals surface area contributed by atoms with E-state index in [4.69, 9.17) is 0 Å². The van der Waals surface area contributed by atoms with Gasteiger partial charge in [0.15, 0.2) is 0 Å². The molecular formula is C13H23NO3. The van der Waals surface area contributed by atoms with Crippen LogP contribution in [0.5, 0.6) is 0 Å². The maximum absolute atomic E-state index is 11.8. The van der Waals surface area contributed by atoms with Gasteiger partial charge < -0.3 is 15.5 Å². The zero-order valence-electron chi connectivity index (χ0n) is 10.3. The number of aliphatic hydroxyl groups excluding tert-OH is 2. The zero-order chi connectivity index (χ0) is 12.3. The first-order chi connectivity index (χ1) is 8.16. The highest BCUT2D eigenvalue weighted by Crippen LogP contribution is 2.28. The molecule has 0 saturated heterocycles. The first kappa shape index (κ1) is 12.8. The minimum Gasteiger partial charge on any atom is -0.393 e. The summed E-state index contributed by atoms with van der Waals surface area (Å²) in [5, 5.41) is 22.1. The minimum absolute atomic E-state index is 0.0138. The Labute approximate surface area is 102 Å². The van der Waals surface area contributed by atoms with E-state index in [0.717, 1.165) is 25.7 Å². The monoisotopic (exact) mass is 241 g/mol. The molecule has 2 aliphatic carbocycles. The Balaban J connectivity index is 1.80. The molecule has 2 fully saturated rings. The Morgan fingerprint density at radius 1 is 1.00 bits per heavy atom. The summed E-state index contributed by atoms with van der Waals surface area (Å²) in [6.07, 6.45) is 6.64. The third-order valence-electron chi connectivity index (χ3n) is 4.04. The van der Waals surface area contributed by atoms with Gasteiger partial charge in [-0.1, -0.05) is 25.7 Å². The fourth-order valence-electron chi connectivity index (χ4n) is 2.74. The normalized spacial score (nSPS) is 38.7. The first-order valence-electron chi connectivity index (χ1n) is 6.83. The molecule has 0 aromatic carbocycles. The van der Waals surface area contributed by atoms with E-state index in [1.807, 2.05) is 0 Å². The molecule has 2 rings (SSSR count). The minimum atomic E-state index is -0.399. The topological polar surface area (TPSA) is 69.6 Å². The van der Waals surface area contributed by atoms with Crippen molar-refractivity contribution < 1.29 is 15.0 Å². The number of aliphatic hydroxyl groups is 2. The van der Waals surface area contributed by atoms with Crippen LogP contribution in [0, 0.1) is 5.92 Å². The van der Waals surface area contributed by atoms with Crippen LogP contribution in [-0.2, 0) is 4.79 Å². The Bertz CT molecular complexity index is 263. The van der Waals surface area contributed by atoms with E-state index in [-0.39, 0.29) is 24.0 Å². The van der Waals surface area contributed by atoms with Gasteiger partial charge in [-0.2, -0.15) is 0 Å². The second-order valence-corrected chi connectivity index (χ2v) is 5.50. The average molecular weight is 241 g/mol. The Morgan fingerprint density at radius 3 is 2.29 bits per heavy atom. The molecule has 0 spiro atoms. The molecule has 17 heavy (non-hydrogen) atoms. The molecule has 0 heterocycles. The summed E-state index contributed by atoms with van der Waals surface area (Å²) in [6, 6.07) is -0.0828. The molecular weight excluding hydrogens is 218 g/mol. The highest BCUT2D eigenvalue weighted by Gasteiger charge is 2.34. The summed E-state index contributed by atoms with van der Waals surface area (Å²) in [7, 11) is 0. The second-order valence-electron chi connectivity index (χ2n) is 5.50. The van der Waals surface area contributed by atoms with Gasteiger partial charge in [0.1, 0.15) is 0 Å². The molecule has 2 saturated carbocycles. The van der Waals surface area contributed by atoms with Gasteiger partial charge in [-0.25, -0.2) is 0 Å². The van der Waals surface area contributed by atoms with Crippen molar-refractivity contribution >= 4 is 5.91 Å². The van der Waals surface area contributed by atoms with Crippen molar-refractivity contribution in [1.82, 2.24) is 5.32 Å². The van der Waals surface area contributed by atoms with E-state index in [1.54, 1.807) is 0 Å². The summed E-state index contributed by atoms with van der Waals surface area (Å²) in [4.78, 5) is 11.8. The summed E-state index contributed by atoms with van der Waals surface area (Å²) in [5.41, 5.74) is 0. The van der Waals surface area contributed by atoms with Crippen molar-refractivity contribution in [3.8, 4) is 0 Å². The van der Waals surface area contributed by atoms with Crippen molar-refractivity contribution in [2.45, 2.75) is 69.6 Å². The third kappa shape index (κ3) is 3.42. The standard InChI is InChI=1S/C13H23NO3/c15-10-7-9(8-10)13(17)14-11-5-3-1-2-4-6-12(11)16/h9-12,15-16H,1-8H2,(H,14,17)/t9?,10?,11-,12-/m0/s1. The van der Waals surface area contributed by atoms with E-state index in [2.05, 4.69) is 5.32 Å². The lowest BCUT2D eigenvalue weighted by Gasteiger charge is -2.33. The Kier molecular flexibility index (Phi) is 4.40. The van der Waals surface area contributed by atoms with Crippen LogP contribution in [-0.4, -0.2) is 34.4 Å². The molecule has 1 amide bonds. The second kappa shape index (κ2) is 5.83. The SMILES string of the molecule is O=C(N[C@H]1CCCCCC[C@@H]1O)C1CC(O)C1. The van der Waals surface area contributed by atoms with Crippen LogP contribution in [0.4, 0.5) is 0 Å². The molecule has 2 atom stereocenters. The van der Waals surface area contributed by atoms with Crippen LogP contribution in [0.1, 0.15) is 51.4 Å². The lowest BCUT2D eigenvalue weighted by atomic mass is 9.81. The van der Waals surface area contributed by atoms with Crippen LogP contribution in [0.2, 0.25) is 0 Å². The molecule has 3 N–H and O–H groups in total. The van der Waals surface area contributed by atoms with Crippen LogP contribution >= 0.6 is 0 Å². The highest BCUT2D eigenvalue weighted by atomic mass is 16.3. The molecule has 0 unspecified atom stereocenters. The van der Waals surface area contributed by atoms with Gasteiger partial charge in [-0.15, -0.1) is 0 Å². The van der Waals surface area contributed by atoms with Crippen LogP contribution < -0.4 is 5.32 Å². The smallest absolute Gasteiger partial charge is 0.223 e. The van der Waals surface area contributed by atoms with Crippen LogP contribution in [0.3, 0.4) is 0 Å². The predicted molar refractivity (Wildman–Crippen MR) is 64.4 cm³/mol. The Hall–Kier alpha value is -0.610. The molecule has 0 aromatic heterocycles. The molecule has 0 aromatic rings. The van der Waals surface area contributed by atoms with Gasteiger partial charge in [0.25, 0.3) is 0 Å². The quantitative estimate of drug-likeness (QED) is 0.674. The first-order valence-corrected chi connectivity index (χ1v) is 6.83. The van der Waals surface area contributed by atoms with Gasteiger partial charge in [-0.05, 0) is 25.7 Å². The lowest BCUT2D eigenvalue weighted by molar-refractivity contribution is -0.133. The van der Waals surface area contributed by atoms with Crippen molar-refractivity contribution in [3.63, 3.8) is 0 Å². The summed E-state index contributed by atoms with van der Waals surface area (Å²) < 4.78 is 0. The average Bonchev–Trinajstić information content (AvgIpc) is 2.24. The highest BCUT2D eigenvalue weighted by molar-refractivity contribution is 5.80. The number of nitrogens with one attached hydrogen (secondary N) is 1. The molecule has 98 valence electrons.